The fourth-order valence-corrected chi connectivity index (χ4v) is 3.18. The molecule has 0 saturated carbocycles. The Morgan fingerprint density at radius 3 is 2.65 bits per heavy atom. The van der Waals surface area contributed by atoms with E-state index in [1.807, 2.05) is 6.07 Å². The van der Waals surface area contributed by atoms with Gasteiger partial charge in [0.2, 0.25) is 0 Å². The van der Waals surface area contributed by atoms with E-state index in [9.17, 15) is 0 Å². The Balaban J connectivity index is 1.61. The third kappa shape index (κ3) is 4.56. The first-order valence-electron chi connectivity index (χ1n) is 9.49. The number of aliphatic imine (C=N–C) groups is 1. The van der Waals surface area contributed by atoms with Crippen LogP contribution >= 0.6 is 0 Å². The summed E-state index contributed by atoms with van der Waals surface area (Å²) in [6.07, 6.45) is 0.883. The van der Waals surface area contributed by atoms with E-state index in [2.05, 4.69) is 65.3 Å². The molecule has 1 aromatic carbocycles. The second kappa shape index (κ2) is 8.74. The average molecular weight is 355 g/mol. The van der Waals surface area contributed by atoms with Crippen molar-refractivity contribution in [2.45, 2.75) is 33.7 Å². The number of nitrogens with zero attached hydrogens (tertiary/aromatic N) is 4. The van der Waals surface area contributed by atoms with E-state index in [0.29, 0.717) is 6.54 Å². The largest absolute Gasteiger partial charge is 0.368 e. The summed E-state index contributed by atoms with van der Waals surface area (Å²) in [4.78, 5) is 9.51. The second-order valence-corrected chi connectivity index (χ2v) is 6.62. The predicted octanol–water partition coefficient (Wildman–Crippen LogP) is 2.83. The Morgan fingerprint density at radius 2 is 2.00 bits per heavy atom. The standard InChI is InChI=1S/C20H29N5O/c1-4-17-14-19(26-23-17)15-22-20(21-5-2)25-11-9-24(10-12-25)18-8-6-7-16(3)13-18/h6-8,13-14H,4-5,9-12,15H2,1-3H3,(H,21,22). The zero-order chi connectivity index (χ0) is 18.4. The first-order valence-corrected chi connectivity index (χ1v) is 9.49. The number of benzene rings is 1. The summed E-state index contributed by atoms with van der Waals surface area (Å²) >= 11 is 0. The van der Waals surface area contributed by atoms with Gasteiger partial charge in [-0.05, 0) is 38.0 Å². The molecule has 2 heterocycles. The molecule has 3 rings (SSSR count). The van der Waals surface area contributed by atoms with Crippen molar-refractivity contribution in [1.29, 1.82) is 0 Å². The van der Waals surface area contributed by atoms with Crippen LogP contribution in [0.3, 0.4) is 0 Å². The van der Waals surface area contributed by atoms with Gasteiger partial charge in [0.25, 0.3) is 0 Å². The van der Waals surface area contributed by atoms with Gasteiger partial charge in [0.1, 0.15) is 6.54 Å². The van der Waals surface area contributed by atoms with Gasteiger partial charge in [-0.15, -0.1) is 0 Å². The highest BCUT2D eigenvalue weighted by Crippen LogP contribution is 2.18. The average Bonchev–Trinajstić information content (AvgIpc) is 3.13. The van der Waals surface area contributed by atoms with Crippen LogP contribution < -0.4 is 10.2 Å². The summed E-state index contributed by atoms with van der Waals surface area (Å²) in [5.41, 5.74) is 3.59. The smallest absolute Gasteiger partial charge is 0.194 e. The number of anilines is 1. The summed E-state index contributed by atoms with van der Waals surface area (Å²) in [7, 11) is 0. The molecule has 2 aromatic rings. The van der Waals surface area contributed by atoms with Crippen molar-refractivity contribution in [2.75, 3.05) is 37.6 Å². The van der Waals surface area contributed by atoms with Gasteiger partial charge in [-0.3, -0.25) is 0 Å². The maximum atomic E-state index is 5.35. The van der Waals surface area contributed by atoms with Crippen LogP contribution in [0.4, 0.5) is 5.69 Å². The SMILES string of the molecule is CCNC(=NCc1cc(CC)no1)N1CCN(c2cccc(C)c2)CC1. The molecule has 1 aliphatic heterocycles. The zero-order valence-electron chi connectivity index (χ0n) is 16.0. The Bertz CT molecular complexity index is 731. The van der Waals surface area contributed by atoms with E-state index >= 15 is 0 Å². The molecule has 1 saturated heterocycles. The molecule has 0 spiro atoms. The number of aryl methyl sites for hydroxylation is 2. The van der Waals surface area contributed by atoms with Crippen LogP contribution in [0.15, 0.2) is 39.8 Å². The van der Waals surface area contributed by atoms with Crippen LogP contribution in [0.5, 0.6) is 0 Å². The Labute approximate surface area is 155 Å². The normalized spacial score (nSPS) is 15.4. The van der Waals surface area contributed by atoms with Gasteiger partial charge >= 0.3 is 0 Å². The first-order chi connectivity index (χ1) is 12.7. The van der Waals surface area contributed by atoms with Gasteiger partial charge in [-0.2, -0.15) is 0 Å². The van der Waals surface area contributed by atoms with E-state index in [4.69, 9.17) is 9.52 Å². The number of rotatable bonds is 5. The van der Waals surface area contributed by atoms with Crippen molar-refractivity contribution in [2.24, 2.45) is 4.99 Å². The summed E-state index contributed by atoms with van der Waals surface area (Å²) in [5.74, 6) is 1.77. The minimum atomic E-state index is 0.521. The van der Waals surface area contributed by atoms with Crippen molar-refractivity contribution >= 4 is 11.6 Å². The van der Waals surface area contributed by atoms with E-state index < -0.39 is 0 Å². The highest BCUT2D eigenvalue weighted by molar-refractivity contribution is 5.80. The Morgan fingerprint density at radius 1 is 1.19 bits per heavy atom. The molecule has 0 atom stereocenters. The summed E-state index contributed by atoms with van der Waals surface area (Å²) < 4.78 is 5.35. The number of hydrogen-bond acceptors (Lipinski definition) is 4. The van der Waals surface area contributed by atoms with Crippen molar-refractivity contribution in [3.05, 3.63) is 47.3 Å². The van der Waals surface area contributed by atoms with Crippen molar-refractivity contribution < 1.29 is 4.52 Å². The molecule has 6 nitrogen and oxygen atoms in total. The quantitative estimate of drug-likeness (QED) is 0.660. The van der Waals surface area contributed by atoms with Crippen LogP contribution in [-0.2, 0) is 13.0 Å². The monoisotopic (exact) mass is 355 g/mol. The predicted molar refractivity (Wildman–Crippen MR) is 106 cm³/mol. The molecular weight excluding hydrogens is 326 g/mol. The number of hydrogen-bond donors (Lipinski definition) is 1. The lowest BCUT2D eigenvalue weighted by atomic mass is 10.2. The molecule has 0 unspecified atom stereocenters. The lowest BCUT2D eigenvalue weighted by Gasteiger charge is -2.37. The molecule has 0 bridgehead atoms. The topological polar surface area (TPSA) is 56.9 Å². The second-order valence-electron chi connectivity index (χ2n) is 6.62. The third-order valence-electron chi connectivity index (χ3n) is 4.64. The zero-order valence-corrected chi connectivity index (χ0v) is 16.0. The lowest BCUT2D eigenvalue weighted by molar-refractivity contribution is 0.365. The molecule has 1 aliphatic rings. The van der Waals surface area contributed by atoms with E-state index in [0.717, 1.165) is 56.6 Å². The number of piperazine rings is 1. The summed E-state index contributed by atoms with van der Waals surface area (Å²) in [6, 6.07) is 10.7. The molecule has 0 amide bonds. The highest BCUT2D eigenvalue weighted by Gasteiger charge is 2.20. The van der Waals surface area contributed by atoms with Gasteiger partial charge in [-0.1, -0.05) is 24.2 Å². The van der Waals surface area contributed by atoms with E-state index in [1.54, 1.807) is 0 Å². The fourth-order valence-electron chi connectivity index (χ4n) is 3.18. The summed E-state index contributed by atoms with van der Waals surface area (Å²) in [5, 5.41) is 7.44. The molecule has 0 aliphatic carbocycles. The number of aromatic nitrogens is 1. The Hall–Kier alpha value is -2.50. The van der Waals surface area contributed by atoms with Gasteiger partial charge in [0.05, 0.1) is 5.69 Å². The van der Waals surface area contributed by atoms with Crippen LogP contribution in [0.25, 0.3) is 0 Å². The fraction of sp³-hybridized carbons (Fsp3) is 0.500. The molecule has 0 radical (unpaired) electrons. The number of guanidine groups is 1. The van der Waals surface area contributed by atoms with Crippen molar-refractivity contribution in [3.63, 3.8) is 0 Å². The van der Waals surface area contributed by atoms with Crippen LogP contribution in [0, 0.1) is 6.92 Å². The van der Waals surface area contributed by atoms with Crippen LogP contribution in [0.2, 0.25) is 0 Å². The molecule has 26 heavy (non-hydrogen) atoms. The van der Waals surface area contributed by atoms with Crippen molar-refractivity contribution in [1.82, 2.24) is 15.4 Å². The maximum absolute atomic E-state index is 5.35. The molecule has 1 N–H and O–H groups in total. The molecular formula is C20H29N5O. The minimum Gasteiger partial charge on any atom is -0.368 e. The first kappa shape index (κ1) is 18.3. The minimum absolute atomic E-state index is 0.521. The maximum Gasteiger partial charge on any atom is 0.194 e. The van der Waals surface area contributed by atoms with Gasteiger partial charge < -0.3 is 19.6 Å². The van der Waals surface area contributed by atoms with Crippen LogP contribution in [-0.4, -0.2) is 48.7 Å². The molecule has 140 valence electrons. The van der Waals surface area contributed by atoms with Gasteiger partial charge in [0.15, 0.2) is 11.7 Å². The molecule has 6 heteroatoms. The summed E-state index contributed by atoms with van der Waals surface area (Å²) in [6.45, 7) is 11.6. The molecule has 1 fully saturated rings. The molecule has 1 aromatic heterocycles. The van der Waals surface area contributed by atoms with E-state index in [-0.39, 0.29) is 0 Å². The lowest BCUT2D eigenvalue weighted by Crippen LogP contribution is -2.52. The highest BCUT2D eigenvalue weighted by atomic mass is 16.5. The van der Waals surface area contributed by atoms with Gasteiger partial charge in [0, 0.05) is 44.5 Å². The van der Waals surface area contributed by atoms with E-state index in [1.165, 1.54) is 11.3 Å². The third-order valence-corrected chi connectivity index (χ3v) is 4.64. The van der Waals surface area contributed by atoms with Gasteiger partial charge in [-0.25, -0.2) is 4.99 Å². The van der Waals surface area contributed by atoms with Crippen molar-refractivity contribution in [3.8, 4) is 0 Å². The number of nitrogens with one attached hydrogen (secondary N) is 1. The Kier molecular flexibility index (Phi) is 6.15. The van der Waals surface area contributed by atoms with Crippen LogP contribution in [0.1, 0.15) is 30.9 Å².